The molecule has 21 heteroatoms. The van der Waals surface area contributed by atoms with Crippen LogP contribution < -0.4 is 25.0 Å². The standard InChI is InChI=1S/C61H67ClN10O9S/c1-61(2)22-20-43(50(33-61)41-10-12-44(62)13-11-41)37-69-26-28-70(29-27-69)45-14-16-49(55(31-45)81-46-30-42-21-23-63-57(42)65-35-46)58(74)67-82(79,80)47-15-17-52(54(32-47)72(77)78)64-34-39-6-4-24-68(36-39)25-5-8-40-7-3-9-48-51(40)38-71(60(48)76)53-18-19-56(73)66-59(53)75/h3,7,9-17,21,23,30-32,35,39,53,64H,4-6,8,18-20,22,24-29,33-34,36-38H2,1-2H3,(H,63,65)(H,67,74)(H,66,73,75). The predicted molar refractivity (Wildman–Crippen MR) is 313 cm³/mol. The van der Waals surface area contributed by atoms with Crippen LogP contribution in [0, 0.1) is 21.4 Å². The summed E-state index contributed by atoms with van der Waals surface area (Å²) >= 11 is 6.27. The van der Waals surface area contributed by atoms with Crippen molar-refractivity contribution in [1.82, 2.24) is 34.7 Å². The van der Waals surface area contributed by atoms with Crippen LogP contribution in [0.25, 0.3) is 16.6 Å². The number of ether oxygens (including phenoxy) is 1. The van der Waals surface area contributed by atoms with E-state index in [0.717, 1.165) is 118 Å². The number of nitro benzene ring substituents is 1. The Morgan fingerprint density at radius 1 is 0.939 bits per heavy atom. The number of pyridine rings is 1. The number of aromatic nitrogens is 2. The molecule has 0 radical (unpaired) electrons. The van der Waals surface area contributed by atoms with Crippen LogP contribution in [0.2, 0.25) is 5.02 Å². The monoisotopic (exact) mass is 1150 g/mol. The van der Waals surface area contributed by atoms with Crippen LogP contribution in [0.1, 0.15) is 103 Å². The van der Waals surface area contributed by atoms with E-state index in [2.05, 4.69) is 66.0 Å². The van der Waals surface area contributed by atoms with Gasteiger partial charge < -0.3 is 29.7 Å². The lowest BCUT2D eigenvalue weighted by Crippen LogP contribution is -2.52. The molecule has 428 valence electrons. The highest BCUT2D eigenvalue weighted by molar-refractivity contribution is 7.90. The molecular weight excluding hydrogens is 1080 g/mol. The van der Waals surface area contributed by atoms with Crippen LogP contribution in [0.4, 0.5) is 17.1 Å². The topological polar surface area (TPSA) is 233 Å². The SMILES string of the molecule is CC1(C)CCC(CN2CCN(c3ccc(C(=O)NS(=O)(=O)c4ccc(NCC5CCCN(CCCc6cccc7c6CN(C6CCC(=O)NC6=O)C7=O)C5)c([N+](=O)[O-])c4)c(Oc4cnc5[nH]ccc5c4)c3)CC2)=C(c2ccc(Cl)cc2)C1. The van der Waals surface area contributed by atoms with Gasteiger partial charge in [-0.25, -0.2) is 18.1 Å². The minimum Gasteiger partial charge on any atom is -0.455 e. The molecule has 3 fully saturated rings. The number of amides is 4. The van der Waals surface area contributed by atoms with Gasteiger partial charge in [0.05, 0.1) is 21.6 Å². The highest BCUT2D eigenvalue weighted by atomic mass is 35.5. The molecule has 82 heavy (non-hydrogen) atoms. The molecule has 2 aromatic heterocycles. The summed E-state index contributed by atoms with van der Waals surface area (Å²) in [5.74, 6) is -1.35. The number of anilines is 2. The lowest BCUT2D eigenvalue weighted by molar-refractivity contribution is -0.384. The average Bonchev–Trinajstić information content (AvgIpc) is 4.04. The Bertz CT molecular complexity index is 3620. The fraction of sp³-hybridized carbons (Fsp3) is 0.393. The van der Waals surface area contributed by atoms with Gasteiger partial charge in [-0.05, 0) is 153 Å². The summed E-state index contributed by atoms with van der Waals surface area (Å²) in [6, 6.07) is 25.4. The first-order chi connectivity index (χ1) is 39.4. The number of sulfonamides is 1. The van der Waals surface area contributed by atoms with Gasteiger partial charge in [0.1, 0.15) is 28.9 Å². The molecule has 3 saturated heterocycles. The van der Waals surface area contributed by atoms with E-state index < -0.39 is 43.4 Å². The summed E-state index contributed by atoms with van der Waals surface area (Å²) in [4.78, 5) is 79.5. The van der Waals surface area contributed by atoms with Crippen molar-refractivity contribution in [3.63, 3.8) is 0 Å². The number of piperazine rings is 1. The number of nitro groups is 1. The van der Waals surface area contributed by atoms with Gasteiger partial charge in [0.25, 0.3) is 27.5 Å². The van der Waals surface area contributed by atoms with Crippen LogP contribution in [-0.2, 0) is 32.6 Å². The van der Waals surface area contributed by atoms with Crippen molar-refractivity contribution in [1.29, 1.82) is 0 Å². The summed E-state index contributed by atoms with van der Waals surface area (Å²) in [6.45, 7) is 11.7. The first kappa shape index (κ1) is 56.2. The van der Waals surface area contributed by atoms with Crippen LogP contribution >= 0.6 is 11.6 Å². The van der Waals surface area contributed by atoms with E-state index in [9.17, 15) is 37.7 Å². The number of H-pyrrole nitrogens is 1. The highest BCUT2D eigenvalue weighted by Crippen LogP contribution is 2.44. The number of nitrogens with one attached hydrogen (secondary N) is 4. The Labute approximate surface area is 481 Å². The lowest BCUT2D eigenvalue weighted by atomic mass is 9.72. The van der Waals surface area contributed by atoms with Gasteiger partial charge in [-0.15, -0.1) is 0 Å². The van der Waals surface area contributed by atoms with Gasteiger partial charge in [0, 0.05) is 98.8 Å². The summed E-state index contributed by atoms with van der Waals surface area (Å²) < 4.78 is 36.6. The van der Waals surface area contributed by atoms with Crippen molar-refractivity contribution in [2.45, 2.75) is 89.1 Å². The second-order valence-electron chi connectivity index (χ2n) is 23.1. The van der Waals surface area contributed by atoms with Gasteiger partial charge in [-0.3, -0.25) is 39.5 Å². The maximum Gasteiger partial charge on any atom is 0.293 e. The van der Waals surface area contributed by atoms with E-state index in [0.29, 0.717) is 49.6 Å². The number of piperidine rings is 2. The molecule has 2 atom stereocenters. The lowest BCUT2D eigenvalue weighted by Gasteiger charge is -2.39. The second-order valence-corrected chi connectivity index (χ2v) is 25.2. The highest BCUT2D eigenvalue weighted by Gasteiger charge is 2.40. The van der Waals surface area contributed by atoms with Crippen molar-refractivity contribution in [2.24, 2.45) is 11.3 Å². The number of likely N-dealkylation sites (tertiary alicyclic amines) is 1. The molecule has 4 amide bonds. The van der Waals surface area contributed by atoms with Crippen LogP contribution in [0.15, 0.2) is 114 Å². The largest absolute Gasteiger partial charge is 0.455 e. The Kier molecular flexibility index (Phi) is 16.2. The fourth-order valence-corrected chi connectivity index (χ4v) is 13.5. The van der Waals surface area contributed by atoms with Gasteiger partial charge >= 0.3 is 0 Å². The van der Waals surface area contributed by atoms with E-state index in [4.69, 9.17) is 16.3 Å². The number of carbonyl (C=O) groups excluding carboxylic acids is 4. The number of benzene rings is 4. The zero-order chi connectivity index (χ0) is 57.3. The third-order valence-corrected chi connectivity index (χ3v) is 18.4. The van der Waals surface area contributed by atoms with Crippen molar-refractivity contribution in [3.05, 3.63) is 152 Å². The molecule has 19 nitrogen and oxygen atoms in total. The number of allylic oxidation sites excluding steroid dienone is 1. The van der Waals surface area contributed by atoms with Gasteiger partial charge in [-0.1, -0.05) is 55.3 Å². The number of hydrogen-bond acceptors (Lipinski definition) is 14. The number of aryl methyl sites for hydroxylation is 1. The Balaban J connectivity index is 0.725. The number of halogens is 1. The molecule has 0 bridgehead atoms. The first-order valence-electron chi connectivity index (χ1n) is 28.2. The Morgan fingerprint density at radius 2 is 1.76 bits per heavy atom. The van der Waals surface area contributed by atoms with Gasteiger partial charge in [0.2, 0.25) is 11.8 Å². The normalized spacial score (nSPS) is 19.8. The Hall–Kier alpha value is -7.65. The van der Waals surface area contributed by atoms with E-state index in [1.807, 2.05) is 30.3 Å². The number of carbonyl (C=O) groups is 4. The second kappa shape index (κ2) is 23.7. The molecule has 2 unspecified atom stereocenters. The molecule has 0 saturated carbocycles. The van der Waals surface area contributed by atoms with Crippen LogP contribution in [-0.4, -0.2) is 127 Å². The minimum absolute atomic E-state index is 0.0604. The summed E-state index contributed by atoms with van der Waals surface area (Å²) in [5.41, 5.74) is 7.93. The quantitative estimate of drug-likeness (QED) is 0.0357. The molecule has 0 spiro atoms. The zero-order valence-corrected chi connectivity index (χ0v) is 47.6. The predicted octanol–water partition coefficient (Wildman–Crippen LogP) is 9.34. The fourth-order valence-electron chi connectivity index (χ4n) is 12.3. The molecular formula is C61H67ClN10O9S. The number of fused-ring (bicyclic) bond motifs is 2. The summed E-state index contributed by atoms with van der Waals surface area (Å²) in [6.07, 6.45) is 10.3. The molecule has 5 aliphatic rings. The van der Waals surface area contributed by atoms with Crippen molar-refractivity contribution in [3.8, 4) is 11.5 Å². The maximum absolute atomic E-state index is 14.2. The molecule has 6 aromatic rings. The summed E-state index contributed by atoms with van der Waals surface area (Å²) in [5, 5.41) is 19.6. The number of imide groups is 1. The Morgan fingerprint density at radius 3 is 2.55 bits per heavy atom. The van der Waals surface area contributed by atoms with E-state index in [1.54, 1.807) is 35.4 Å². The third-order valence-electron chi connectivity index (χ3n) is 16.8. The number of nitrogens with zero attached hydrogens (tertiary/aromatic N) is 6. The number of hydrogen-bond donors (Lipinski definition) is 4. The van der Waals surface area contributed by atoms with Gasteiger partial charge in [0.15, 0.2) is 0 Å². The third kappa shape index (κ3) is 12.5. The average molecular weight is 1150 g/mol. The molecule has 6 heterocycles. The molecule has 4 aliphatic heterocycles. The van der Waals surface area contributed by atoms with Crippen LogP contribution in [0.5, 0.6) is 11.5 Å². The van der Waals surface area contributed by atoms with Crippen molar-refractivity contribution in [2.75, 3.05) is 69.1 Å². The van der Waals surface area contributed by atoms with Crippen LogP contribution in [0.3, 0.4) is 0 Å². The van der Waals surface area contributed by atoms with E-state index in [1.165, 1.54) is 41.1 Å². The molecule has 4 aromatic carbocycles. The van der Waals surface area contributed by atoms with Gasteiger partial charge in [-0.2, -0.15) is 0 Å². The summed E-state index contributed by atoms with van der Waals surface area (Å²) in [7, 11) is -4.64. The maximum atomic E-state index is 14.2. The van der Waals surface area contributed by atoms with E-state index in [-0.39, 0.29) is 46.6 Å². The van der Waals surface area contributed by atoms with Crippen molar-refractivity contribution < 1.29 is 37.3 Å². The minimum atomic E-state index is -4.64. The zero-order valence-electron chi connectivity index (χ0n) is 46.0. The van der Waals surface area contributed by atoms with E-state index >= 15 is 0 Å². The smallest absolute Gasteiger partial charge is 0.293 e. The molecule has 1 aliphatic carbocycles. The number of rotatable bonds is 18. The number of aromatic amines is 1. The first-order valence-corrected chi connectivity index (χ1v) is 30.1. The molecule has 4 N–H and O–H groups in total. The molecule has 11 rings (SSSR count). The van der Waals surface area contributed by atoms with Crippen molar-refractivity contribution >= 4 is 78.9 Å².